The van der Waals surface area contributed by atoms with Crippen LogP contribution in [-0.4, -0.2) is 49.2 Å². The highest BCUT2D eigenvalue weighted by molar-refractivity contribution is 14.1. The Labute approximate surface area is 197 Å². The van der Waals surface area contributed by atoms with E-state index in [0.29, 0.717) is 12.1 Å². The molecule has 2 aromatic rings. The number of halogens is 1. The van der Waals surface area contributed by atoms with E-state index in [-0.39, 0.29) is 23.9 Å². The first-order valence-electron chi connectivity index (χ1n) is 9.80. The number of carbonyl (C=O) groups excluding carboxylic acids is 1. The van der Waals surface area contributed by atoms with Crippen LogP contribution in [-0.2, 0) is 19.5 Å². The minimum atomic E-state index is -3.88. The molecular weight excluding hydrogens is 533 g/mol. The van der Waals surface area contributed by atoms with Gasteiger partial charge in [-0.1, -0.05) is 44.2 Å². The highest BCUT2D eigenvalue weighted by Gasteiger charge is 2.31. The molecule has 1 amide bonds. The number of nitrogens with two attached hydrogens (primary N) is 1. The number of hydrogen-bond donors (Lipinski definition) is 3. The highest BCUT2D eigenvalue weighted by atomic mass is 127. The van der Waals surface area contributed by atoms with E-state index in [2.05, 4.69) is 8.38 Å². The lowest BCUT2D eigenvalue weighted by Crippen LogP contribution is -2.50. The Hall–Kier alpha value is -1.89. The second-order valence-electron chi connectivity index (χ2n) is 7.66. The van der Waals surface area contributed by atoms with Crippen LogP contribution < -0.4 is 11.1 Å². The Morgan fingerprint density at radius 3 is 2.29 bits per heavy atom. The summed E-state index contributed by atoms with van der Waals surface area (Å²) in [5.41, 5.74) is 7.02. The van der Waals surface area contributed by atoms with Crippen molar-refractivity contribution in [3.05, 3.63) is 60.2 Å². The molecule has 0 heterocycles. The summed E-state index contributed by atoms with van der Waals surface area (Å²) in [6.45, 7) is 3.80. The minimum Gasteiger partial charge on any atom is -0.399 e. The van der Waals surface area contributed by atoms with Crippen LogP contribution in [0.15, 0.2) is 59.5 Å². The van der Waals surface area contributed by atoms with Gasteiger partial charge in [-0.25, -0.2) is 13.2 Å². The van der Waals surface area contributed by atoms with E-state index in [9.17, 15) is 18.3 Å². The van der Waals surface area contributed by atoms with Crippen LogP contribution >= 0.6 is 23.0 Å². The number of carbonyl (C=O) groups is 1. The molecule has 4 N–H and O–H groups in total. The summed E-state index contributed by atoms with van der Waals surface area (Å²) < 4.78 is 32.4. The minimum absolute atomic E-state index is 0.0237. The van der Waals surface area contributed by atoms with Crippen LogP contribution in [0.25, 0.3) is 0 Å². The lowest BCUT2D eigenvalue weighted by Gasteiger charge is -2.30. The van der Waals surface area contributed by atoms with E-state index in [1.54, 1.807) is 0 Å². The summed E-state index contributed by atoms with van der Waals surface area (Å²) in [5.74, 6) is 0.0237. The number of sulfonamides is 1. The average Bonchev–Trinajstić information content (AvgIpc) is 2.73. The van der Waals surface area contributed by atoms with Crippen LogP contribution in [0, 0.1) is 5.92 Å². The van der Waals surface area contributed by atoms with Crippen molar-refractivity contribution in [1.82, 2.24) is 9.62 Å². The van der Waals surface area contributed by atoms with Crippen molar-refractivity contribution in [3.8, 4) is 0 Å². The fourth-order valence-corrected chi connectivity index (χ4v) is 4.88. The predicted molar refractivity (Wildman–Crippen MR) is 128 cm³/mol. The summed E-state index contributed by atoms with van der Waals surface area (Å²) in [6, 6.07) is 14.5. The lowest BCUT2D eigenvalue weighted by molar-refractivity contribution is 0.101. The molecule has 0 aromatic heterocycles. The predicted octanol–water partition coefficient (Wildman–Crippen LogP) is 2.96. The fraction of sp³-hybridized carbons (Fsp3) is 0.381. The fourth-order valence-electron chi connectivity index (χ4n) is 3.13. The number of aliphatic hydroxyl groups excluding tert-OH is 1. The van der Waals surface area contributed by atoms with Crippen LogP contribution in [0.3, 0.4) is 0 Å². The molecule has 0 saturated carbocycles. The van der Waals surface area contributed by atoms with E-state index in [1.165, 1.54) is 51.6 Å². The Morgan fingerprint density at radius 2 is 1.74 bits per heavy atom. The van der Waals surface area contributed by atoms with Crippen molar-refractivity contribution in [2.24, 2.45) is 5.92 Å². The van der Waals surface area contributed by atoms with Crippen LogP contribution in [0.2, 0.25) is 0 Å². The SMILES string of the molecule is CC(C)CN(C[C@@H](O)[C@H](Cc1ccccc1)NC(=O)OI)S(=O)(=O)c1ccc(N)cc1. The highest BCUT2D eigenvalue weighted by Crippen LogP contribution is 2.20. The zero-order valence-electron chi connectivity index (χ0n) is 17.4. The maximum Gasteiger partial charge on any atom is 0.416 e. The average molecular weight is 561 g/mol. The van der Waals surface area contributed by atoms with Gasteiger partial charge in [0.05, 0.1) is 17.0 Å². The lowest BCUT2D eigenvalue weighted by atomic mass is 10.0. The molecule has 0 unspecified atom stereocenters. The van der Waals surface area contributed by atoms with Gasteiger partial charge in [0.15, 0.2) is 23.0 Å². The molecule has 2 atom stereocenters. The van der Waals surface area contributed by atoms with Gasteiger partial charge < -0.3 is 19.2 Å². The largest absolute Gasteiger partial charge is 0.416 e. The van der Waals surface area contributed by atoms with Crippen molar-refractivity contribution < 1.29 is 21.4 Å². The van der Waals surface area contributed by atoms with Gasteiger partial charge >= 0.3 is 6.09 Å². The van der Waals surface area contributed by atoms with Gasteiger partial charge in [0, 0.05) is 18.8 Å². The van der Waals surface area contributed by atoms with Crippen LogP contribution in [0.5, 0.6) is 0 Å². The molecule has 31 heavy (non-hydrogen) atoms. The number of hydrogen-bond acceptors (Lipinski definition) is 6. The zero-order chi connectivity index (χ0) is 23.0. The summed E-state index contributed by atoms with van der Waals surface area (Å²) in [6.07, 6.45) is -1.57. The first-order chi connectivity index (χ1) is 14.6. The van der Waals surface area contributed by atoms with Crippen LogP contribution in [0.1, 0.15) is 19.4 Å². The van der Waals surface area contributed by atoms with Crippen molar-refractivity contribution >= 4 is 44.8 Å². The molecule has 8 nitrogen and oxygen atoms in total. The van der Waals surface area contributed by atoms with Gasteiger partial charge in [-0.3, -0.25) is 0 Å². The summed E-state index contributed by atoms with van der Waals surface area (Å²) in [4.78, 5) is 11.9. The van der Waals surface area contributed by atoms with E-state index < -0.39 is 28.3 Å². The number of rotatable bonds is 10. The van der Waals surface area contributed by atoms with E-state index in [0.717, 1.165) is 5.56 Å². The van der Waals surface area contributed by atoms with Crippen molar-refractivity contribution in [2.75, 3.05) is 18.8 Å². The number of nitrogen functional groups attached to an aromatic ring is 1. The molecule has 0 bridgehead atoms. The molecule has 0 aliphatic heterocycles. The van der Waals surface area contributed by atoms with E-state index in [1.807, 2.05) is 44.2 Å². The molecule has 170 valence electrons. The molecule has 0 aliphatic rings. The Balaban J connectivity index is 2.28. The molecule has 2 rings (SSSR count). The maximum atomic E-state index is 13.2. The van der Waals surface area contributed by atoms with Crippen molar-refractivity contribution in [1.29, 1.82) is 0 Å². The summed E-state index contributed by atoms with van der Waals surface area (Å²) in [5, 5.41) is 13.6. The number of benzene rings is 2. The molecule has 0 aliphatic carbocycles. The monoisotopic (exact) mass is 561 g/mol. The number of amides is 1. The quantitative estimate of drug-likeness (QED) is 0.303. The Morgan fingerprint density at radius 1 is 1.13 bits per heavy atom. The molecule has 2 aromatic carbocycles. The summed E-state index contributed by atoms with van der Waals surface area (Å²) in [7, 11) is -3.88. The third-order valence-electron chi connectivity index (χ3n) is 4.61. The number of nitrogens with one attached hydrogen (secondary N) is 1. The van der Waals surface area contributed by atoms with Gasteiger partial charge in [0.1, 0.15) is 0 Å². The second-order valence-corrected chi connectivity index (χ2v) is 10.0. The van der Waals surface area contributed by atoms with E-state index in [4.69, 9.17) is 5.73 Å². The van der Waals surface area contributed by atoms with Gasteiger partial charge in [-0.05, 0) is 42.2 Å². The molecule has 0 fully saturated rings. The van der Waals surface area contributed by atoms with Crippen molar-refractivity contribution in [3.63, 3.8) is 0 Å². The first kappa shape index (κ1) is 25.4. The third-order valence-corrected chi connectivity index (χ3v) is 6.86. The topological polar surface area (TPSA) is 122 Å². The smallest absolute Gasteiger partial charge is 0.399 e. The molecule has 10 heteroatoms. The number of aliphatic hydroxyl groups is 1. The first-order valence-corrected chi connectivity index (χ1v) is 12.1. The zero-order valence-corrected chi connectivity index (χ0v) is 20.4. The van der Waals surface area contributed by atoms with E-state index >= 15 is 0 Å². The number of nitrogens with zero attached hydrogens (tertiary/aromatic N) is 1. The molecule has 0 spiro atoms. The molecule has 0 saturated heterocycles. The Kier molecular flexibility index (Phi) is 9.54. The maximum absolute atomic E-state index is 13.2. The van der Waals surface area contributed by atoms with Gasteiger partial charge in [0.25, 0.3) is 0 Å². The second kappa shape index (κ2) is 11.7. The van der Waals surface area contributed by atoms with Gasteiger partial charge in [-0.2, -0.15) is 4.31 Å². The Bertz CT molecular complexity index is 939. The standard InChI is InChI=1S/C21H28IN3O5S/c1-15(2)13-25(31(28,29)18-10-8-17(23)9-11-18)14-20(26)19(24-21(27)30-22)12-16-6-4-3-5-7-16/h3-11,15,19-20,26H,12-14,23H2,1-2H3,(H,24,27)/t19-,20+/m0/s1. The number of anilines is 1. The molecular formula is C21H28IN3O5S. The van der Waals surface area contributed by atoms with Gasteiger partial charge in [0.2, 0.25) is 10.0 Å². The summed E-state index contributed by atoms with van der Waals surface area (Å²) >= 11 is 1.46. The normalized spacial score (nSPS) is 13.7. The third kappa shape index (κ3) is 7.63. The van der Waals surface area contributed by atoms with Crippen molar-refractivity contribution in [2.45, 2.75) is 37.3 Å². The molecule has 0 radical (unpaired) electrons. The van der Waals surface area contributed by atoms with Gasteiger partial charge in [-0.15, -0.1) is 0 Å². The van der Waals surface area contributed by atoms with Crippen LogP contribution in [0.4, 0.5) is 10.5 Å².